The van der Waals surface area contributed by atoms with Gasteiger partial charge in [-0.25, -0.2) is 8.42 Å². The van der Waals surface area contributed by atoms with Crippen LogP contribution in [0.25, 0.3) is 0 Å². The molecule has 0 atom stereocenters. The van der Waals surface area contributed by atoms with Gasteiger partial charge in [0.15, 0.2) is 0 Å². The Labute approximate surface area is 111 Å². The van der Waals surface area contributed by atoms with Crippen molar-refractivity contribution >= 4 is 21.6 Å². The molecule has 0 heterocycles. The van der Waals surface area contributed by atoms with Crippen LogP contribution in [0.4, 0.5) is 5.69 Å². The molecule has 0 unspecified atom stereocenters. The Balaban J connectivity index is 3.21. The first kappa shape index (κ1) is 14.9. The fourth-order valence-corrected chi connectivity index (χ4v) is 2.64. The average Bonchev–Trinajstić information content (AvgIpc) is 2.37. The molecule has 1 amide bonds. The van der Waals surface area contributed by atoms with Gasteiger partial charge in [0.1, 0.15) is 11.0 Å². The van der Waals surface area contributed by atoms with Crippen LogP contribution in [0.1, 0.15) is 5.56 Å². The molecule has 0 radical (unpaired) electrons. The lowest BCUT2D eigenvalue weighted by atomic mass is 10.2. The number of nitrogens with two attached hydrogens (primary N) is 1. The van der Waals surface area contributed by atoms with E-state index in [2.05, 4.69) is 5.32 Å². The van der Waals surface area contributed by atoms with Gasteiger partial charge in [0, 0.05) is 19.8 Å². The molecule has 8 heteroatoms. The number of amides is 1. The molecule has 0 saturated heterocycles. The maximum atomic E-state index is 12.2. The van der Waals surface area contributed by atoms with Crippen LogP contribution in [0.15, 0.2) is 23.1 Å². The summed E-state index contributed by atoms with van der Waals surface area (Å²) in [4.78, 5) is 11.0. The van der Waals surface area contributed by atoms with Crippen LogP contribution in [0.5, 0.6) is 0 Å². The number of nitrogens with zero attached hydrogens (tertiary/aromatic N) is 2. The summed E-state index contributed by atoms with van der Waals surface area (Å²) in [5.74, 6) is -0.444. The first-order valence-electron chi connectivity index (χ1n) is 5.29. The molecule has 0 bridgehead atoms. The van der Waals surface area contributed by atoms with Crippen molar-refractivity contribution in [2.45, 2.75) is 4.90 Å². The summed E-state index contributed by atoms with van der Waals surface area (Å²) >= 11 is 0. The summed E-state index contributed by atoms with van der Waals surface area (Å²) in [5, 5.41) is 11.3. The second kappa shape index (κ2) is 5.69. The van der Waals surface area contributed by atoms with Crippen molar-refractivity contribution in [2.75, 3.05) is 26.4 Å². The number of benzene rings is 1. The summed E-state index contributed by atoms with van der Waals surface area (Å²) < 4.78 is 25.3. The Morgan fingerprint density at radius 2 is 2.16 bits per heavy atom. The molecule has 1 rings (SSSR count). The van der Waals surface area contributed by atoms with E-state index >= 15 is 0 Å². The number of sulfonamides is 1. The standard InChI is InChI=1S/C11H14N4O3S/c1-14-11(16)7-15(2)19(17,18)10-4-3-9(13)5-8(10)6-12/h3-5H,7,13H2,1-2H3,(H,14,16). The van der Waals surface area contributed by atoms with Gasteiger partial charge < -0.3 is 11.1 Å². The molecular formula is C11H14N4O3S. The van der Waals surface area contributed by atoms with E-state index in [1.54, 1.807) is 6.07 Å². The number of nitrogens with one attached hydrogen (secondary N) is 1. The largest absolute Gasteiger partial charge is 0.399 e. The highest BCUT2D eigenvalue weighted by atomic mass is 32.2. The highest BCUT2D eigenvalue weighted by Crippen LogP contribution is 2.21. The number of hydrogen-bond donors (Lipinski definition) is 2. The smallest absolute Gasteiger partial charge is 0.244 e. The van der Waals surface area contributed by atoms with Gasteiger partial charge in [0.2, 0.25) is 15.9 Å². The van der Waals surface area contributed by atoms with Gasteiger partial charge in [0.25, 0.3) is 0 Å². The van der Waals surface area contributed by atoms with Crippen molar-refractivity contribution in [1.29, 1.82) is 5.26 Å². The van der Waals surface area contributed by atoms with Crippen LogP contribution in [0, 0.1) is 11.3 Å². The Morgan fingerprint density at radius 3 is 2.68 bits per heavy atom. The molecule has 0 fully saturated rings. The molecular weight excluding hydrogens is 268 g/mol. The maximum Gasteiger partial charge on any atom is 0.244 e. The van der Waals surface area contributed by atoms with Gasteiger partial charge >= 0.3 is 0 Å². The van der Waals surface area contributed by atoms with Crippen molar-refractivity contribution in [3.8, 4) is 6.07 Å². The molecule has 1 aromatic rings. The third-order valence-electron chi connectivity index (χ3n) is 2.46. The number of rotatable bonds is 4. The fraction of sp³-hybridized carbons (Fsp3) is 0.273. The lowest BCUT2D eigenvalue weighted by molar-refractivity contribution is -0.120. The molecule has 0 aromatic heterocycles. The number of carbonyl (C=O) groups excluding carboxylic acids is 1. The van der Waals surface area contributed by atoms with Crippen molar-refractivity contribution in [2.24, 2.45) is 0 Å². The van der Waals surface area contributed by atoms with E-state index < -0.39 is 15.9 Å². The normalized spacial score (nSPS) is 11.1. The zero-order chi connectivity index (χ0) is 14.6. The third kappa shape index (κ3) is 3.21. The summed E-state index contributed by atoms with van der Waals surface area (Å²) in [6.07, 6.45) is 0. The van der Waals surface area contributed by atoms with Crippen molar-refractivity contribution in [3.63, 3.8) is 0 Å². The first-order valence-corrected chi connectivity index (χ1v) is 6.73. The molecule has 7 nitrogen and oxygen atoms in total. The van der Waals surface area contributed by atoms with Crippen LogP contribution in [0.2, 0.25) is 0 Å². The Morgan fingerprint density at radius 1 is 1.53 bits per heavy atom. The van der Waals surface area contributed by atoms with Gasteiger partial charge in [-0.2, -0.15) is 9.57 Å². The van der Waals surface area contributed by atoms with Crippen LogP contribution in [0.3, 0.4) is 0 Å². The summed E-state index contributed by atoms with van der Waals surface area (Å²) in [7, 11) is -1.23. The van der Waals surface area contributed by atoms with E-state index in [0.29, 0.717) is 5.69 Å². The molecule has 0 aliphatic rings. The van der Waals surface area contributed by atoms with Crippen molar-refractivity contribution < 1.29 is 13.2 Å². The number of carbonyl (C=O) groups is 1. The van der Waals surface area contributed by atoms with Gasteiger partial charge in [-0.05, 0) is 18.2 Å². The van der Waals surface area contributed by atoms with E-state index in [0.717, 1.165) is 4.31 Å². The van der Waals surface area contributed by atoms with Crippen LogP contribution in [-0.4, -0.2) is 39.3 Å². The van der Waals surface area contributed by atoms with Gasteiger partial charge in [-0.15, -0.1) is 0 Å². The number of nitriles is 1. The monoisotopic (exact) mass is 282 g/mol. The highest BCUT2D eigenvalue weighted by Gasteiger charge is 2.25. The Bertz CT molecular complexity index is 634. The SMILES string of the molecule is CNC(=O)CN(C)S(=O)(=O)c1ccc(N)cc1C#N. The van der Waals surface area contributed by atoms with Gasteiger partial charge in [0.05, 0.1) is 12.1 Å². The van der Waals surface area contributed by atoms with E-state index in [1.165, 1.54) is 32.3 Å². The Hall–Kier alpha value is -2.11. The zero-order valence-electron chi connectivity index (χ0n) is 10.5. The topological polar surface area (TPSA) is 116 Å². The summed E-state index contributed by atoms with van der Waals surface area (Å²) in [5.41, 5.74) is 5.74. The molecule has 102 valence electrons. The van der Waals surface area contributed by atoms with Crippen LogP contribution >= 0.6 is 0 Å². The average molecular weight is 282 g/mol. The lowest BCUT2D eigenvalue weighted by Gasteiger charge is -2.17. The van der Waals surface area contributed by atoms with Crippen molar-refractivity contribution in [1.82, 2.24) is 9.62 Å². The molecule has 19 heavy (non-hydrogen) atoms. The minimum Gasteiger partial charge on any atom is -0.399 e. The van der Waals surface area contributed by atoms with Gasteiger partial charge in [-0.1, -0.05) is 0 Å². The number of hydrogen-bond acceptors (Lipinski definition) is 5. The first-order chi connectivity index (χ1) is 8.82. The maximum absolute atomic E-state index is 12.2. The Kier molecular flexibility index (Phi) is 4.47. The minimum atomic E-state index is -3.91. The van der Waals surface area contributed by atoms with E-state index in [1.807, 2.05) is 0 Å². The predicted molar refractivity (Wildman–Crippen MR) is 69.5 cm³/mol. The second-order valence-electron chi connectivity index (χ2n) is 3.80. The lowest BCUT2D eigenvalue weighted by Crippen LogP contribution is -2.37. The molecule has 0 aliphatic heterocycles. The van der Waals surface area contributed by atoms with E-state index in [9.17, 15) is 13.2 Å². The van der Waals surface area contributed by atoms with Gasteiger partial charge in [-0.3, -0.25) is 4.79 Å². The number of anilines is 1. The summed E-state index contributed by atoms with van der Waals surface area (Å²) in [6.45, 7) is -0.325. The quantitative estimate of drug-likeness (QED) is 0.723. The minimum absolute atomic E-state index is 0.0521. The molecule has 0 aliphatic carbocycles. The van der Waals surface area contributed by atoms with E-state index in [4.69, 9.17) is 11.0 Å². The van der Waals surface area contributed by atoms with Crippen LogP contribution < -0.4 is 11.1 Å². The van der Waals surface area contributed by atoms with Crippen molar-refractivity contribution in [3.05, 3.63) is 23.8 Å². The third-order valence-corrected chi connectivity index (χ3v) is 4.32. The van der Waals surface area contributed by atoms with E-state index in [-0.39, 0.29) is 17.0 Å². The van der Waals surface area contributed by atoms with Crippen LogP contribution in [-0.2, 0) is 14.8 Å². The molecule has 0 saturated carbocycles. The second-order valence-corrected chi connectivity index (χ2v) is 5.81. The summed E-state index contributed by atoms with van der Waals surface area (Å²) in [6, 6.07) is 5.70. The fourth-order valence-electron chi connectivity index (χ4n) is 1.39. The molecule has 0 spiro atoms. The highest BCUT2D eigenvalue weighted by molar-refractivity contribution is 7.89. The number of nitrogen functional groups attached to an aromatic ring is 1. The predicted octanol–water partition coefficient (Wildman–Crippen LogP) is -0.493. The zero-order valence-corrected chi connectivity index (χ0v) is 11.4. The molecule has 3 N–H and O–H groups in total. The number of likely N-dealkylation sites (N-methyl/N-ethyl adjacent to an activating group) is 2. The molecule has 1 aromatic carbocycles.